The number of furan rings is 1. The molecule has 3 aromatic rings. The molecule has 2 heterocycles. The van der Waals surface area contributed by atoms with Crippen LogP contribution in [0.5, 0.6) is 0 Å². The van der Waals surface area contributed by atoms with E-state index in [9.17, 15) is 18.0 Å². The number of aromatic carboxylic acids is 1. The summed E-state index contributed by atoms with van der Waals surface area (Å²) in [7, 11) is 0. The molecule has 0 saturated heterocycles. The summed E-state index contributed by atoms with van der Waals surface area (Å²) in [4.78, 5) is 10.7. The Hall–Kier alpha value is -2.77. The fourth-order valence-corrected chi connectivity index (χ4v) is 1.83. The molecule has 0 aliphatic rings. The lowest BCUT2D eigenvalue weighted by Crippen LogP contribution is -2.03. The van der Waals surface area contributed by atoms with Crippen molar-refractivity contribution in [2.24, 2.45) is 0 Å². The minimum absolute atomic E-state index is 0.0251. The van der Waals surface area contributed by atoms with Crippen LogP contribution < -0.4 is 0 Å². The molecule has 5 nitrogen and oxygen atoms in total. The molecule has 1 N–H and O–H groups in total. The van der Waals surface area contributed by atoms with E-state index in [1.54, 1.807) is 0 Å². The highest BCUT2D eigenvalue weighted by Gasteiger charge is 2.30. The number of carboxylic acids is 1. The van der Waals surface area contributed by atoms with Crippen LogP contribution >= 0.6 is 0 Å². The second-order valence-electron chi connectivity index (χ2n) is 4.24. The molecule has 0 saturated carbocycles. The zero-order chi connectivity index (χ0) is 15.2. The van der Waals surface area contributed by atoms with E-state index in [-0.39, 0.29) is 28.2 Å². The fourth-order valence-electron chi connectivity index (χ4n) is 1.83. The second-order valence-corrected chi connectivity index (χ2v) is 4.24. The Morgan fingerprint density at radius 2 is 1.90 bits per heavy atom. The Morgan fingerprint density at radius 1 is 1.14 bits per heavy atom. The standard InChI is InChI=1S/C13H6F3NO4/c14-13(15,16)7-1-2-9-6(3-7)4-10(20-9)11-5-8(12(18)19)17-21-11/h1-5H,(H,18,19). The molecular weight excluding hydrogens is 291 g/mol. The van der Waals surface area contributed by atoms with Crippen molar-refractivity contribution in [3.63, 3.8) is 0 Å². The van der Waals surface area contributed by atoms with Gasteiger partial charge in [0.1, 0.15) is 5.58 Å². The van der Waals surface area contributed by atoms with Crippen LogP contribution in [0.3, 0.4) is 0 Å². The SMILES string of the molecule is O=C(O)c1cc(-c2cc3cc(C(F)(F)F)ccc3o2)on1. The molecule has 0 bridgehead atoms. The fraction of sp³-hybridized carbons (Fsp3) is 0.0769. The van der Waals surface area contributed by atoms with E-state index in [0.717, 1.165) is 18.2 Å². The highest BCUT2D eigenvalue weighted by molar-refractivity contribution is 5.87. The minimum atomic E-state index is -4.45. The summed E-state index contributed by atoms with van der Waals surface area (Å²) in [5, 5.41) is 12.3. The number of benzene rings is 1. The monoisotopic (exact) mass is 297 g/mol. The van der Waals surface area contributed by atoms with Gasteiger partial charge in [-0.1, -0.05) is 5.16 Å². The van der Waals surface area contributed by atoms with Gasteiger partial charge in [-0.25, -0.2) is 4.79 Å². The Morgan fingerprint density at radius 3 is 2.52 bits per heavy atom. The number of hydrogen-bond donors (Lipinski definition) is 1. The first-order valence-electron chi connectivity index (χ1n) is 5.66. The number of hydrogen-bond acceptors (Lipinski definition) is 4. The maximum absolute atomic E-state index is 12.6. The molecule has 0 unspecified atom stereocenters. The van der Waals surface area contributed by atoms with Crippen molar-refractivity contribution in [1.82, 2.24) is 5.16 Å². The van der Waals surface area contributed by atoms with Crippen LogP contribution in [0.1, 0.15) is 16.1 Å². The number of carboxylic acid groups (broad SMARTS) is 1. The highest BCUT2D eigenvalue weighted by Crippen LogP contribution is 2.34. The molecule has 21 heavy (non-hydrogen) atoms. The van der Waals surface area contributed by atoms with Gasteiger partial charge in [-0.3, -0.25) is 0 Å². The first-order chi connectivity index (χ1) is 9.84. The summed E-state index contributed by atoms with van der Waals surface area (Å²) < 4.78 is 48.0. The van der Waals surface area contributed by atoms with Gasteiger partial charge in [0.15, 0.2) is 11.5 Å². The maximum atomic E-state index is 12.6. The van der Waals surface area contributed by atoms with E-state index >= 15 is 0 Å². The molecule has 0 aliphatic carbocycles. The topological polar surface area (TPSA) is 76.5 Å². The van der Waals surface area contributed by atoms with Crippen LogP contribution in [0.2, 0.25) is 0 Å². The van der Waals surface area contributed by atoms with E-state index in [1.807, 2.05) is 0 Å². The van der Waals surface area contributed by atoms with Gasteiger partial charge in [0.25, 0.3) is 0 Å². The van der Waals surface area contributed by atoms with Crippen LogP contribution in [0.15, 0.2) is 39.3 Å². The van der Waals surface area contributed by atoms with Gasteiger partial charge in [0, 0.05) is 11.5 Å². The summed E-state index contributed by atoms with van der Waals surface area (Å²) in [5.74, 6) is -1.15. The summed E-state index contributed by atoms with van der Waals surface area (Å²) in [6.45, 7) is 0. The third kappa shape index (κ3) is 2.35. The van der Waals surface area contributed by atoms with Crippen molar-refractivity contribution in [2.75, 3.05) is 0 Å². The smallest absolute Gasteiger partial charge is 0.416 e. The molecule has 3 rings (SSSR count). The van der Waals surface area contributed by atoms with E-state index in [4.69, 9.17) is 14.0 Å². The quantitative estimate of drug-likeness (QED) is 0.778. The number of aromatic nitrogens is 1. The minimum Gasteiger partial charge on any atom is -0.476 e. The first-order valence-corrected chi connectivity index (χ1v) is 5.66. The molecular formula is C13H6F3NO4. The number of carbonyl (C=O) groups is 1. The summed E-state index contributed by atoms with van der Waals surface area (Å²) in [6, 6.07) is 5.49. The lowest BCUT2D eigenvalue weighted by molar-refractivity contribution is -0.137. The first kappa shape index (κ1) is 13.2. The Bertz CT molecular complexity index is 831. The number of halogens is 3. The largest absolute Gasteiger partial charge is 0.476 e. The lowest BCUT2D eigenvalue weighted by atomic mass is 10.1. The molecule has 1 aromatic carbocycles. The molecule has 0 radical (unpaired) electrons. The molecule has 0 aliphatic heterocycles. The van der Waals surface area contributed by atoms with Crippen LogP contribution in [0.4, 0.5) is 13.2 Å². The third-order valence-corrected chi connectivity index (χ3v) is 2.82. The Balaban J connectivity index is 2.06. The lowest BCUT2D eigenvalue weighted by Gasteiger charge is -2.04. The predicted octanol–water partition coefficient (Wildman–Crippen LogP) is 3.80. The van der Waals surface area contributed by atoms with Crippen molar-refractivity contribution >= 4 is 16.9 Å². The van der Waals surface area contributed by atoms with Crippen LogP contribution in [0.25, 0.3) is 22.5 Å². The summed E-state index contributed by atoms with van der Waals surface area (Å²) in [6.07, 6.45) is -4.45. The van der Waals surface area contributed by atoms with E-state index in [1.165, 1.54) is 12.1 Å². The summed E-state index contributed by atoms with van der Waals surface area (Å²) in [5.41, 5.74) is -0.890. The van der Waals surface area contributed by atoms with E-state index in [0.29, 0.717) is 0 Å². The van der Waals surface area contributed by atoms with Gasteiger partial charge in [-0.2, -0.15) is 13.2 Å². The van der Waals surface area contributed by atoms with Crippen molar-refractivity contribution in [3.05, 3.63) is 41.6 Å². The van der Waals surface area contributed by atoms with Crippen LogP contribution in [0, 0.1) is 0 Å². The van der Waals surface area contributed by atoms with Crippen molar-refractivity contribution in [3.8, 4) is 11.5 Å². The van der Waals surface area contributed by atoms with Gasteiger partial charge < -0.3 is 14.0 Å². The zero-order valence-electron chi connectivity index (χ0n) is 10.1. The average molecular weight is 297 g/mol. The summed E-state index contributed by atoms with van der Waals surface area (Å²) >= 11 is 0. The second kappa shape index (κ2) is 4.37. The molecule has 108 valence electrons. The molecule has 8 heteroatoms. The molecule has 0 spiro atoms. The van der Waals surface area contributed by atoms with E-state index < -0.39 is 17.7 Å². The Kier molecular flexibility index (Phi) is 2.75. The molecule has 0 amide bonds. The van der Waals surface area contributed by atoms with E-state index in [2.05, 4.69) is 5.16 Å². The Labute approximate surface area is 114 Å². The van der Waals surface area contributed by atoms with Gasteiger partial charge in [0.05, 0.1) is 5.56 Å². The number of fused-ring (bicyclic) bond motifs is 1. The normalized spacial score (nSPS) is 12.0. The van der Waals surface area contributed by atoms with Crippen molar-refractivity contribution in [1.29, 1.82) is 0 Å². The van der Waals surface area contributed by atoms with Crippen LogP contribution in [-0.4, -0.2) is 16.2 Å². The van der Waals surface area contributed by atoms with Gasteiger partial charge in [0.2, 0.25) is 5.76 Å². The average Bonchev–Trinajstić information content (AvgIpc) is 3.03. The molecule has 0 atom stereocenters. The maximum Gasteiger partial charge on any atom is 0.416 e. The van der Waals surface area contributed by atoms with Gasteiger partial charge in [-0.05, 0) is 24.3 Å². The number of rotatable bonds is 2. The van der Waals surface area contributed by atoms with Crippen molar-refractivity contribution < 1.29 is 32.0 Å². The zero-order valence-corrected chi connectivity index (χ0v) is 10.1. The highest BCUT2D eigenvalue weighted by atomic mass is 19.4. The predicted molar refractivity (Wildman–Crippen MR) is 63.7 cm³/mol. The number of alkyl halides is 3. The third-order valence-electron chi connectivity index (χ3n) is 2.82. The van der Waals surface area contributed by atoms with Crippen LogP contribution in [-0.2, 0) is 6.18 Å². The molecule has 2 aromatic heterocycles. The van der Waals surface area contributed by atoms with Crippen molar-refractivity contribution in [2.45, 2.75) is 6.18 Å². The number of nitrogens with zero attached hydrogens (tertiary/aromatic N) is 1. The van der Waals surface area contributed by atoms with Gasteiger partial charge >= 0.3 is 12.1 Å². The van der Waals surface area contributed by atoms with Gasteiger partial charge in [-0.15, -0.1) is 0 Å². The molecule has 0 fully saturated rings.